The lowest BCUT2D eigenvalue weighted by Gasteiger charge is -2.32. The van der Waals surface area contributed by atoms with E-state index in [4.69, 9.17) is 4.74 Å². The first-order chi connectivity index (χ1) is 14.9. The molecule has 1 atom stereocenters. The topological polar surface area (TPSA) is 74.2 Å². The molecule has 4 rings (SSSR count). The molecule has 2 aliphatic heterocycles. The molecule has 2 aromatic rings. The summed E-state index contributed by atoms with van der Waals surface area (Å²) < 4.78 is 5.25. The number of Topliss-reactive ketones (excluding diaryl/α,β-unsaturated/α-hetero) is 1. The van der Waals surface area contributed by atoms with Crippen LogP contribution in [0, 0.1) is 20.8 Å². The summed E-state index contributed by atoms with van der Waals surface area (Å²) in [7, 11) is 1.59. The van der Waals surface area contributed by atoms with Crippen LogP contribution in [0.25, 0.3) is 0 Å². The molecule has 0 fully saturated rings. The summed E-state index contributed by atoms with van der Waals surface area (Å²) in [4.78, 5) is 29.1. The van der Waals surface area contributed by atoms with Crippen molar-refractivity contribution in [1.29, 1.82) is 0 Å². The number of anilines is 1. The SMILES string of the molecule is COc1cccc(N2C=CN3C(SCC(=O)c4cc(C)c(C)cc4C)=NNC3C2=O)c1. The molecule has 0 spiro atoms. The van der Waals surface area contributed by atoms with Gasteiger partial charge in [-0.15, -0.1) is 0 Å². The van der Waals surface area contributed by atoms with Crippen LogP contribution < -0.4 is 15.1 Å². The lowest BCUT2D eigenvalue weighted by atomic mass is 9.99. The Morgan fingerprint density at radius 2 is 1.90 bits per heavy atom. The smallest absolute Gasteiger partial charge is 0.276 e. The summed E-state index contributed by atoms with van der Waals surface area (Å²) in [6.45, 7) is 6.00. The molecule has 1 amide bonds. The van der Waals surface area contributed by atoms with Gasteiger partial charge in [-0.3, -0.25) is 24.8 Å². The number of hydrogen-bond acceptors (Lipinski definition) is 7. The number of aryl methyl sites for hydroxylation is 3. The summed E-state index contributed by atoms with van der Waals surface area (Å²) in [5, 5.41) is 4.88. The van der Waals surface area contributed by atoms with E-state index in [1.54, 1.807) is 35.4 Å². The number of nitrogens with zero attached hydrogens (tertiary/aromatic N) is 3. The van der Waals surface area contributed by atoms with E-state index in [0.29, 0.717) is 16.6 Å². The van der Waals surface area contributed by atoms with Gasteiger partial charge in [0.25, 0.3) is 5.91 Å². The van der Waals surface area contributed by atoms with E-state index in [-0.39, 0.29) is 17.4 Å². The zero-order chi connectivity index (χ0) is 22.1. The zero-order valence-corrected chi connectivity index (χ0v) is 18.7. The van der Waals surface area contributed by atoms with Gasteiger partial charge in [-0.2, -0.15) is 5.10 Å². The largest absolute Gasteiger partial charge is 0.497 e. The van der Waals surface area contributed by atoms with Crippen LogP contribution in [0.3, 0.4) is 0 Å². The molecule has 0 radical (unpaired) electrons. The van der Waals surface area contributed by atoms with Crippen LogP contribution in [0.5, 0.6) is 5.75 Å². The second-order valence-electron chi connectivity index (χ2n) is 7.50. The number of ether oxygens (including phenoxy) is 1. The first-order valence-electron chi connectivity index (χ1n) is 9.90. The minimum absolute atomic E-state index is 0.0436. The molecule has 8 heteroatoms. The summed E-state index contributed by atoms with van der Waals surface area (Å²) in [5.74, 6) is 0.802. The molecule has 31 heavy (non-hydrogen) atoms. The number of methoxy groups -OCH3 is 1. The van der Waals surface area contributed by atoms with Crippen molar-refractivity contribution < 1.29 is 14.3 Å². The highest BCUT2D eigenvalue weighted by atomic mass is 32.2. The molecule has 2 aliphatic rings. The predicted octanol–water partition coefficient (Wildman–Crippen LogP) is 3.56. The third kappa shape index (κ3) is 4.03. The summed E-state index contributed by atoms with van der Waals surface area (Å²) in [5.41, 5.74) is 7.57. The maximum absolute atomic E-state index is 13.0. The van der Waals surface area contributed by atoms with Crippen molar-refractivity contribution in [3.8, 4) is 5.75 Å². The van der Waals surface area contributed by atoms with Crippen molar-refractivity contribution in [2.24, 2.45) is 5.10 Å². The predicted molar refractivity (Wildman–Crippen MR) is 123 cm³/mol. The monoisotopic (exact) mass is 436 g/mol. The van der Waals surface area contributed by atoms with Crippen LogP contribution in [-0.2, 0) is 4.79 Å². The minimum atomic E-state index is -0.642. The van der Waals surface area contributed by atoms with Crippen molar-refractivity contribution in [3.63, 3.8) is 0 Å². The molecular weight excluding hydrogens is 412 g/mol. The van der Waals surface area contributed by atoms with Crippen LogP contribution in [0.15, 0.2) is 53.9 Å². The fourth-order valence-electron chi connectivity index (χ4n) is 3.56. The number of amidine groups is 1. The fraction of sp³-hybridized carbons (Fsp3) is 0.261. The maximum atomic E-state index is 13.0. The third-order valence-corrected chi connectivity index (χ3v) is 6.40. The molecular formula is C23H24N4O3S. The third-order valence-electron chi connectivity index (χ3n) is 5.43. The van der Waals surface area contributed by atoms with Crippen molar-refractivity contribution in [2.75, 3.05) is 17.8 Å². The maximum Gasteiger partial charge on any atom is 0.276 e. The van der Waals surface area contributed by atoms with Crippen molar-refractivity contribution in [3.05, 3.63) is 71.1 Å². The lowest BCUT2D eigenvalue weighted by molar-refractivity contribution is -0.122. The second-order valence-corrected chi connectivity index (χ2v) is 8.45. The Hall–Kier alpha value is -3.26. The Bertz CT molecular complexity index is 1110. The van der Waals surface area contributed by atoms with E-state index < -0.39 is 6.17 Å². The molecule has 0 aromatic heterocycles. The molecule has 1 unspecified atom stereocenters. The molecule has 0 bridgehead atoms. The number of benzene rings is 2. The highest BCUT2D eigenvalue weighted by Gasteiger charge is 2.38. The van der Waals surface area contributed by atoms with Crippen LogP contribution in [0.4, 0.5) is 5.69 Å². The Labute approximate surface area is 185 Å². The molecule has 0 aliphatic carbocycles. The number of rotatable bonds is 5. The highest BCUT2D eigenvalue weighted by Crippen LogP contribution is 2.28. The summed E-state index contributed by atoms with van der Waals surface area (Å²) >= 11 is 1.32. The van der Waals surface area contributed by atoms with E-state index in [2.05, 4.69) is 10.5 Å². The van der Waals surface area contributed by atoms with Gasteiger partial charge in [0.05, 0.1) is 18.6 Å². The molecule has 0 saturated carbocycles. The van der Waals surface area contributed by atoms with Gasteiger partial charge in [0.2, 0.25) is 6.17 Å². The lowest BCUT2D eigenvalue weighted by Crippen LogP contribution is -2.52. The van der Waals surface area contributed by atoms with Gasteiger partial charge in [0.15, 0.2) is 11.0 Å². The Morgan fingerprint density at radius 3 is 2.68 bits per heavy atom. The minimum Gasteiger partial charge on any atom is -0.497 e. The second kappa shape index (κ2) is 8.47. The quantitative estimate of drug-likeness (QED) is 0.723. The van der Waals surface area contributed by atoms with E-state index >= 15 is 0 Å². The average molecular weight is 437 g/mol. The van der Waals surface area contributed by atoms with Crippen LogP contribution >= 0.6 is 11.8 Å². The van der Waals surface area contributed by atoms with Crippen LogP contribution in [0.1, 0.15) is 27.0 Å². The van der Waals surface area contributed by atoms with Crippen molar-refractivity contribution in [2.45, 2.75) is 26.9 Å². The molecule has 7 nitrogen and oxygen atoms in total. The number of ketones is 1. The molecule has 2 heterocycles. The Kier molecular flexibility index (Phi) is 5.73. The number of fused-ring (bicyclic) bond motifs is 1. The van der Waals surface area contributed by atoms with Gasteiger partial charge in [0, 0.05) is 24.0 Å². The number of thioether (sulfide) groups is 1. The number of amides is 1. The normalized spacial score (nSPS) is 17.4. The first kappa shape index (κ1) is 21.0. The van der Waals surface area contributed by atoms with E-state index in [0.717, 1.165) is 16.7 Å². The number of hydrogen-bond donors (Lipinski definition) is 1. The van der Waals surface area contributed by atoms with E-state index in [1.807, 2.05) is 51.1 Å². The average Bonchev–Trinajstić information content (AvgIpc) is 3.19. The fourth-order valence-corrected chi connectivity index (χ4v) is 4.41. The number of hydrazone groups is 1. The van der Waals surface area contributed by atoms with Gasteiger partial charge < -0.3 is 4.74 Å². The van der Waals surface area contributed by atoms with Gasteiger partial charge in [-0.25, -0.2) is 0 Å². The van der Waals surface area contributed by atoms with Gasteiger partial charge >= 0.3 is 0 Å². The van der Waals surface area contributed by atoms with Crippen LogP contribution in [-0.4, -0.2) is 40.8 Å². The molecule has 160 valence electrons. The molecule has 1 N–H and O–H groups in total. The van der Waals surface area contributed by atoms with Gasteiger partial charge in [-0.05, 0) is 55.7 Å². The Morgan fingerprint density at radius 1 is 1.13 bits per heavy atom. The molecule has 2 aromatic carbocycles. The van der Waals surface area contributed by atoms with Crippen molar-refractivity contribution in [1.82, 2.24) is 10.3 Å². The van der Waals surface area contributed by atoms with Crippen molar-refractivity contribution >= 4 is 34.3 Å². The van der Waals surface area contributed by atoms with E-state index in [9.17, 15) is 9.59 Å². The summed E-state index contributed by atoms with van der Waals surface area (Å²) in [6, 6.07) is 11.3. The van der Waals surface area contributed by atoms with E-state index in [1.165, 1.54) is 17.3 Å². The Balaban J connectivity index is 1.45. The number of carbonyl (C=O) groups is 2. The van der Waals surface area contributed by atoms with Gasteiger partial charge in [0.1, 0.15) is 5.75 Å². The molecule has 0 saturated heterocycles. The number of nitrogens with one attached hydrogen (secondary N) is 1. The number of carbonyl (C=O) groups excluding carboxylic acids is 2. The van der Waals surface area contributed by atoms with Crippen LogP contribution in [0.2, 0.25) is 0 Å². The summed E-state index contributed by atoms with van der Waals surface area (Å²) in [6.07, 6.45) is 2.85. The first-order valence-corrected chi connectivity index (χ1v) is 10.9. The highest BCUT2D eigenvalue weighted by molar-refractivity contribution is 8.14. The zero-order valence-electron chi connectivity index (χ0n) is 17.9. The van der Waals surface area contributed by atoms with Gasteiger partial charge in [-0.1, -0.05) is 23.9 Å². The standard InChI is InChI=1S/C23H24N4O3S/c1-14-10-16(3)19(11-15(14)2)20(28)13-31-23-25-24-21-22(29)26(8-9-27(21)23)17-6-5-7-18(12-17)30-4/h5-12,21,24H,13H2,1-4H3.